The van der Waals surface area contributed by atoms with Crippen molar-refractivity contribution in [1.82, 2.24) is 5.32 Å². The average molecular weight is 187 g/mol. The predicted octanol–water partition coefficient (Wildman–Crippen LogP) is 0.243. The van der Waals surface area contributed by atoms with Gasteiger partial charge in [-0.2, -0.15) is 0 Å². The summed E-state index contributed by atoms with van der Waals surface area (Å²) in [6.07, 6.45) is 1.18. The number of Topliss-reactive ketones (excluding diaryl/α,β-unsaturated/α-hetero) is 1. The molecule has 0 saturated carbocycles. The monoisotopic (exact) mass is 187 g/mol. The number of nitrogens with one attached hydrogen (secondary N) is 1. The SMILES string of the molecule is CC[C@H](CO)NC(=O)CCC(C)=O. The van der Waals surface area contributed by atoms with Crippen LogP contribution in [0.4, 0.5) is 0 Å². The van der Waals surface area contributed by atoms with Crippen LogP contribution in [-0.2, 0) is 9.59 Å². The minimum absolute atomic E-state index is 0.00666. The van der Waals surface area contributed by atoms with Crippen molar-refractivity contribution in [2.24, 2.45) is 0 Å². The predicted molar refractivity (Wildman–Crippen MR) is 49.2 cm³/mol. The van der Waals surface area contributed by atoms with E-state index < -0.39 is 0 Å². The van der Waals surface area contributed by atoms with Gasteiger partial charge in [-0.25, -0.2) is 0 Å². The number of aliphatic hydroxyl groups excluding tert-OH is 1. The van der Waals surface area contributed by atoms with E-state index in [1.807, 2.05) is 6.92 Å². The highest BCUT2D eigenvalue weighted by Crippen LogP contribution is 1.94. The molecule has 0 radical (unpaired) electrons. The summed E-state index contributed by atoms with van der Waals surface area (Å²) in [5.74, 6) is -0.164. The van der Waals surface area contributed by atoms with E-state index >= 15 is 0 Å². The van der Waals surface area contributed by atoms with Gasteiger partial charge >= 0.3 is 0 Å². The second kappa shape index (κ2) is 6.60. The molecule has 0 spiro atoms. The topological polar surface area (TPSA) is 66.4 Å². The molecule has 1 amide bonds. The molecule has 2 N–H and O–H groups in total. The first kappa shape index (κ1) is 12.1. The second-order valence-electron chi connectivity index (χ2n) is 3.06. The molecule has 0 saturated heterocycles. The molecule has 0 aromatic heterocycles. The molecule has 4 nitrogen and oxygen atoms in total. The third-order valence-electron chi connectivity index (χ3n) is 1.78. The average Bonchev–Trinajstić information content (AvgIpc) is 2.10. The van der Waals surface area contributed by atoms with Gasteiger partial charge < -0.3 is 15.2 Å². The van der Waals surface area contributed by atoms with Crippen molar-refractivity contribution in [3.63, 3.8) is 0 Å². The zero-order chi connectivity index (χ0) is 10.3. The van der Waals surface area contributed by atoms with Gasteiger partial charge in [0.25, 0.3) is 0 Å². The fourth-order valence-electron chi connectivity index (χ4n) is 0.866. The zero-order valence-corrected chi connectivity index (χ0v) is 8.17. The summed E-state index contributed by atoms with van der Waals surface area (Å²) in [7, 11) is 0. The molecule has 0 unspecified atom stereocenters. The van der Waals surface area contributed by atoms with E-state index in [0.717, 1.165) is 0 Å². The standard InChI is InChI=1S/C9H17NO3/c1-3-8(6-11)10-9(13)5-4-7(2)12/h8,11H,3-6H2,1-2H3,(H,10,13)/t8-/m1/s1. The van der Waals surface area contributed by atoms with Gasteiger partial charge in [-0.05, 0) is 13.3 Å². The van der Waals surface area contributed by atoms with Crippen LogP contribution >= 0.6 is 0 Å². The summed E-state index contributed by atoms with van der Waals surface area (Å²) >= 11 is 0. The lowest BCUT2D eigenvalue weighted by Gasteiger charge is -2.13. The van der Waals surface area contributed by atoms with Gasteiger partial charge in [0.15, 0.2) is 0 Å². The van der Waals surface area contributed by atoms with Crippen molar-refractivity contribution in [3.05, 3.63) is 0 Å². The summed E-state index contributed by atoms with van der Waals surface area (Å²) in [5, 5.41) is 11.4. The molecule has 13 heavy (non-hydrogen) atoms. The van der Waals surface area contributed by atoms with E-state index in [0.29, 0.717) is 6.42 Å². The molecule has 0 bridgehead atoms. The van der Waals surface area contributed by atoms with Gasteiger partial charge in [-0.15, -0.1) is 0 Å². The van der Waals surface area contributed by atoms with Crippen LogP contribution in [0.25, 0.3) is 0 Å². The first-order valence-corrected chi connectivity index (χ1v) is 4.49. The van der Waals surface area contributed by atoms with Crippen LogP contribution in [0, 0.1) is 0 Å². The summed E-state index contributed by atoms with van der Waals surface area (Å²) in [6, 6.07) is -0.181. The maximum Gasteiger partial charge on any atom is 0.220 e. The number of hydrogen-bond acceptors (Lipinski definition) is 3. The van der Waals surface area contributed by atoms with Crippen molar-refractivity contribution < 1.29 is 14.7 Å². The smallest absolute Gasteiger partial charge is 0.220 e. The van der Waals surface area contributed by atoms with E-state index in [1.54, 1.807) is 0 Å². The Labute approximate surface area is 78.3 Å². The Balaban J connectivity index is 3.66. The number of amides is 1. The van der Waals surface area contributed by atoms with Crippen LogP contribution in [0.15, 0.2) is 0 Å². The summed E-state index contributed by atoms with van der Waals surface area (Å²) in [5.41, 5.74) is 0. The van der Waals surface area contributed by atoms with E-state index in [9.17, 15) is 9.59 Å². The van der Waals surface area contributed by atoms with Crippen LogP contribution in [0.2, 0.25) is 0 Å². The molecule has 0 aliphatic rings. The van der Waals surface area contributed by atoms with Crippen LogP contribution in [0.1, 0.15) is 33.1 Å². The molecule has 0 rings (SSSR count). The minimum Gasteiger partial charge on any atom is -0.394 e. The number of ketones is 1. The molecule has 0 aliphatic heterocycles. The Morgan fingerprint density at radius 3 is 2.38 bits per heavy atom. The van der Waals surface area contributed by atoms with Gasteiger partial charge in [-0.1, -0.05) is 6.92 Å². The Kier molecular flexibility index (Phi) is 6.14. The van der Waals surface area contributed by atoms with Gasteiger partial charge in [0, 0.05) is 12.8 Å². The third-order valence-corrected chi connectivity index (χ3v) is 1.78. The van der Waals surface area contributed by atoms with Crippen LogP contribution < -0.4 is 5.32 Å². The van der Waals surface area contributed by atoms with Crippen LogP contribution in [-0.4, -0.2) is 29.4 Å². The molecule has 0 aromatic carbocycles. The highest BCUT2D eigenvalue weighted by molar-refractivity contribution is 5.83. The third kappa shape index (κ3) is 6.28. The second-order valence-corrected chi connectivity index (χ2v) is 3.06. The van der Waals surface area contributed by atoms with Gasteiger partial charge in [0.1, 0.15) is 5.78 Å². The van der Waals surface area contributed by atoms with Crippen molar-refractivity contribution in [3.8, 4) is 0 Å². The molecule has 0 fully saturated rings. The molecule has 1 atom stereocenters. The first-order chi connectivity index (χ1) is 6.10. The van der Waals surface area contributed by atoms with Crippen molar-refractivity contribution in [2.75, 3.05) is 6.61 Å². The number of hydrogen-bond donors (Lipinski definition) is 2. The Hall–Kier alpha value is -0.900. The van der Waals surface area contributed by atoms with Crippen molar-refractivity contribution >= 4 is 11.7 Å². The summed E-state index contributed by atoms with van der Waals surface area (Å²) in [4.78, 5) is 21.6. The fraction of sp³-hybridized carbons (Fsp3) is 0.778. The quantitative estimate of drug-likeness (QED) is 0.626. The van der Waals surface area contributed by atoms with E-state index in [-0.39, 0.29) is 37.2 Å². The summed E-state index contributed by atoms with van der Waals surface area (Å²) < 4.78 is 0. The largest absolute Gasteiger partial charge is 0.394 e. The molecular weight excluding hydrogens is 170 g/mol. The lowest BCUT2D eigenvalue weighted by atomic mass is 10.2. The number of aliphatic hydroxyl groups is 1. The van der Waals surface area contributed by atoms with Crippen molar-refractivity contribution in [1.29, 1.82) is 0 Å². The molecule has 0 aliphatic carbocycles. The number of rotatable bonds is 6. The highest BCUT2D eigenvalue weighted by Gasteiger charge is 2.09. The maximum absolute atomic E-state index is 11.1. The van der Waals surface area contributed by atoms with E-state index in [4.69, 9.17) is 5.11 Å². The molecule has 76 valence electrons. The normalized spacial score (nSPS) is 12.2. The Morgan fingerprint density at radius 1 is 1.38 bits per heavy atom. The highest BCUT2D eigenvalue weighted by atomic mass is 16.3. The van der Waals surface area contributed by atoms with Crippen LogP contribution in [0.3, 0.4) is 0 Å². The van der Waals surface area contributed by atoms with Crippen molar-refractivity contribution in [2.45, 2.75) is 39.2 Å². The molecule has 4 heteroatoms. The van der Waals surface area contributed by atoms with Gasteiger partial charge in [0.2, 0.25) is 5.91 Å². The number of carbonyl (C=O) groups is 2. The zero-order valence-electron chi connectivity index (χ0n) is 8.17. The molecule has 0 aromatic rings. The maximum atomic E-state index is 11.1. The molecule has 0 heterocycles. The minimum atomic E-state index is -0.181. The lowest BCUT2D eigenvalue weighted by molar-refractivity contribution is -0.125. The fourth-order valence-corrected chi connectivity index (χ4v) is 0.866. The Bertz CT molecular complexity index is 176. The summed E-state index contributed by atoms with van der Waals surface area (Å²) in [6.45, 7) is 3.28. The van der Waals surface area contributed by atoms with E-state index in [2.05, 4.69) is 5.32 Å². The Morgan fingerprint density at radius 2 is 2.00 bits per heavy atom. The van der Waals surface area contributed by atoms with E-state index in [1.165, 1.54) is 6.92 Å². The van der Waals surface area contributed by atoms with Crippen LogP contribution in [0.5, 0.6) is 0 Å². The van der Waals surface area contributed by atoms with Gasteiger partial charge in [-0.3, -0.25) is 4.79 Å². The number of carbonyl (C=O) groups excluding carboxylic acids is 2. The van der Waals surface area contributed by atoms with Gasteiger partial charge in [0.05, 0.1) is 12.6 Å². The molecular formula is C9H17NO3. The lowest BCUT2D eigenvalue weighted by Crippen LogP contribution is -2.36. The first-order valence-electron chi connectivity index (χ1n) is 4.49.